The molecule has 0 radical (unpaired) electrons. The summed E-state index contributed by atoms with van der Waals surface area (Å²) in [4.78, 5) is 6.22. The molecule has 112 valence electrons. The fourth-order valence-electron chi connectivity index (χ4n) is 2.10. The normalized spacial score (nSPS) is 11.5. The molecule has 0 aliphatic carbocycles. The Bertz CT molecular complexity index is 717. The number of likely N-dealkylation sites (N-methyl/N-ethyl adjacent to an activating group) is 1. The van der Waals surface area contributed by atoms with Gasteiger partial charge in [0.15, 0.2) is 5.76 Å². The van der Waals surface area contributed by atoms with Crippen LogP contribution in [0.2, 0.25) is 0 Å². The van der Waals surface area contributed by atoms with Gasteiger partial charge < -0.3 is 8.94 Å². The van der Waals surface area contributed by atoms with Crippen molar-refractivity contribution in [1.82, 2.24) is 15.0 Å². The van der Waals surface area contributed by atoms with Gasteiger partial charge in [-0.2, -0.15) is 0 Å². The predicted octanol–water partition coefficient (Wildman–Crippen LogP) is 3.47. The summed E-state index contributed by atoms with van der Waals surface area (Å²) < 4.78 is 10.6. The Hall–Kier alpha value is -2.66. The molecular weight excluding hydrogens is 278 g/mol. The lowest BCUT2D eigenvalue weighted by atomic mass is 10.2. The molecule has 0 aliphatic rings. The zero-order valence-corrected chi connectivity index (χ0v) is 12.3. The quantitative estimate of drug-likeness (QED) is 0.697. The number of aromatic nitrogens is 2. The molecule has 3 aromatic rings. The molecule has 3 heterocycles. The highest BCUT2D eigenvalue weighted by Crippen LogP contribution is 2.18. The van der Waals surface area contributed by atoms with E-state index in [9.17, 15) is 0 Å². The second-order valence-electron chi connectivity index (χ2n) is 5.03. The molecule has 3 rings (SSSR count). The molecule has 0 aliphatic heterocycles. The van der Waals surface area contributed by atoms with E-state index in [4.69, 9.17) is 8.94 Å². The molecule has 0 spiro atoms. The summed E-state index contributed by atoms with van der Waals surface area (Å²) in [6.07, 6.45) is 9.19. The first-order valence-corrected chi connectivity index (χ1v) is 7.06. The minimum atomic E-state index is 0.690. The van der Waals surface area contributed by atoms with Crippen LogP contribution >= 0.6 is 0 Å². The summed E-state index contributed by atoms with van der Waals surface area (Å²) in [6, 6.07) is 9.59. The summed E-state index contributed by atoms with van der Waals surface area (Å²) in [5.41, 5.74) is 1.76. The first-order chi connectivity index (χ1) is 10.8. The van der Waals surface area contributed by atoms with Crippen LogP contribution in [-0.4, -0.2) is 28.6 Å². The highest BCUT2D eigenvalue weighted by atomic mass is 16.5. The third-order valence-corrected chi connectivity index (χ3v) is 3.18. The molecule has 0 amide bonds. The second-order valence-corrected chi connectivity index (χ2v) is 5.03. The highest BCUT2D eigenvalue weighted by molar-refractivity contribution is 5.57. The van der Waals surface area contributed by atoms with E-state index >= 15 is 0 Å². The van der Waals surface area contributed by atoms with E-state index in [1.54, 1.807) is 18.7 Å². The van der Waals surface area contributed by atoms with Crippen molar-refractivity contribution in [2.24, 2.45) is 0 Å². The first kappa shape index (κ1) is 14.3. The topological polar surface area (TPSA) is 55.3 Å². The number of hydrogen-bond donors (Lipinski definition) is 0. The van der Waals surface area contributed by atoms with Gasteiger partial charge in [-0.25, -0.2) is 0 Å². The SMILES string of the molecule is CN(CC=Cc1ccco1)Cc1cc(-c2cccnc2)no1. The molecule has 0 saturated heterocycles. The summed E-state index contributed by atoms with van der Waals surface area (Å²) in [5, 5.41) is 4.09. The van der Waals surface area contributed by atoms with Gasteiger partial charge >= 0.3 is 0 Å². The van der Waals surface area contributed by atoms with Gasteiger partial charge in [0.1, 0.15) is 11.5 Å². The van der Waals surface area contributed by atoms with Gasteiger partial charge in [0, 0.05) is 30.6 Å². The Morgan fingerprint density at radius 3 is 3.00 bits per heavy atom. The van der Waals surface area contributed by atoms with E-state index in [-0.39, 0.29) is 0 Å². The number of rotatable bonds is 6. The van der Waals surface area contributed by atoms with Crippen molar-refractivity contribution in [2.45, 2.75) is 6.54 Å². The van der Waals surface area contributed by atoms with Gasteiger partial charge in [-0.05, 0) is 37.4 Å². The van der Waals surface area contributed by atoms with Crippen molar-refractivity contribution in [3.8, 4) is 11.3 Å². The van der Waals surface area contributed by atoms with Gasteiger partial charge in [0.25, 0.3) is 0 Å². The summed E-state index contributed by atoms with van der Waals surface area (Å²) in [5.74, 6) is 1.68. The average molecular weight is 295 g/mol. The van der Waals surface area contributed by atoms with Crippen molar-refractivity contribution in [3.05, 3.63) is 66.6 Å². The van der Waals surface area contributed by atoms with Crippen molar-refractivity contribution in [1.29, 1.82) is 0 Å². The molecule has 5 heteroatoms. The Morgan fingerprint density at radius 2 is 2.23 bits per heavy atom. The van der Waals surface area contributed by atoms with Gasteiger partial charge in [-0.15, -0.1) is 0 Å². The monoisotopic (exact) mass is 295 g/mol. The fourth-order valence-corrected chi connectivity index (χ4v) is 2.10. The summed E-state index contributed by atoms with van der Waals surface area (Å²) >= 11 is 0. The van der Waals surface area contributed by atoms with Crippen LogP contribution < -0.4 is 0 Å². The van der Waals surface area contributed by atoms with Crippen LogP contribution in [0.15, 0.2) is 64.0 Å². The molecule has 0 aromatic carbocycles. The maximum absolute atomic E-state index is 5.38. The molecule has 0 fully saturated rings. The van der Waals surface area contributed by atoms with Gasteiger partial charge in [-0.1, -0.05) is 11.2 Å². The third kappa shape index (κ3) is 3.71. The number of hydrogen-bond acceptors (Lipinski definition) is 5. The van der Waals surface area contributed by atoms with E-state index in [2.05, 4.69) is 21.1 Å². The Kier molecular flexibility index (Phi) is 4.46. The van der Waals surface area contributed by atoms with E-state index in [0.29, 0.717) is 6.54 Å². The van der Waals surface area contributed by atoms with Crippen molar-refractivity contribution >= 4 is 6.08 Å². The number of furan rings is 1. The minimum absolute atomic E-state index is 0.690. The largest absolute Gasteiger partial charge is 0.465 e. The first-order valence-electron chi connectivity index (χ1n) is 7.06. The molecule has 0 atom stereocenters. The van der Waals surface area contributed by atoms with Gasteiger partial charge in [0.05, 0.1) is 12.8 Å². The molecule has 5 nitrogen and oxygen atoms in total. The summed E-state index contributed by atoms with van der Waals surface area (Å²) in [6.45, 7) is 1.49. The van der Waals surface area contributed by atoms with Crippen molar-refractivity contribution < 1.29 is 8.94 Å². The van der Waals surface area contributed by atoms with Crippen LogP contribution in [0.25, 0.3) is 17.3 Å². The number of pyridine rings is 1. The highest BCUT2D eigenvalue weighted by Gasteiger charge is 2.08. The lowest BCUT2D eigenvalue weighted by molar-refractivity contribution is 0.292. The Labute approximate surface area is 128 Å². The summed E-state index contributed by atoms with van der Waals surface area (Å²) in [7, 11) is 2.03. The lowest BCUT2D eigenvalue weighted by Crippen LogP contribution is -2.17. The second kappa shape index (κ2) is 6.87. The zero-order valence-electron chi connectivity index (χ0n) is 12.3. The van der Waals surface area contributed by atoms with Crippen LogP contribution in [0.3, 0.4) is 0 Å². The number of nitrogens with zero attached hydrogens (tertiary/aromatic N) is 3. The van der Waals surface area contributed by atoms with Crippen LogP contribution in [0.1, 0.15) is 11.5 Å². The van der Waals surface area contributed by atoms with Crippen LogP contribution in [0, 0.1) is 0 Å². The standard InChI is InChI=1S/C17H17N3O2/c1-20(9-3-6-15-7-4-10-21-15)13-16-11-17(19-22-16)14-5-2-8-18-12-14/h2-8,10-12H,9,13H2,1H3. The maximum Gasteiger partial charge on any atom is 0.151 e. The van der Waals surface area contributed by atoms with Crippen LogP contribution in [0.4, 0.5) is 0 Å². The Morgan fingerprint density at radius 1 is 1.27 bits per heavy atom. The maximum atomic E-state index is 5.38. The third-order valence-electron chi connectivity index (χ3n) is 3.18. The fraction of sp³-hybridized carbons (Fsp3) is 0.176. The molecule has 0 saturated carbocycles. The molecule has 0 unspecified atom stereocenters. The molecule has 0 N–H and O–H groups in total. The molecule has 3 aromatic heterocycles. The van der Waals surface area contributed by atoms with Crippen molar-refractivity contribution in [2.75, 3.05) is 13.6 Å². The van der Waals surface area contributed by atoms with E-state index in [0.717, 1.165) is 29.3 Å². The lowest BCUT2D eigenvalue weighted by Gasteiger charge is -2.10. The zero-order chi connectivity index (χ0) is 15.2. The van der Waals surface area contributed by atoms with E-state index in [1.807, 2.05) is 43.5 Å². The minimum Gasteiger partial charge on any atom is -0.465 e. The van der Waals surface area contributed by atoms with Crippen LogP contribution in [0.5, 0.6) is 0 Å². The van der Waals surface area contributed by atoms with Crippen molar-refractivity contribution in [3.63, 3.8) is 0 Å². The molecule has 0 bridgehead atoms. The van der Waals surface area contributed by atoms with E-state index < -0.39 is 0 Å². The molecule has 22 heavy (non-hydrogen) atoms. The van der Waals surface area contributed by atoms with E-state index in [1.165, 1.54) is 0 Å². The Balaban J connectivity index is 1.56. The predicted molar refractivity (Wildman–Crippen MR) is 83.8 cm³/mol. The average Bonchev–Trinajstić information content (AvgIpc) is 3.20. The molecular formula is C17H17N3O2. The van der Waals surface area contributed by atoms with Gasteiger partial charge in [0.2, 0.25) is 0 Å². The smallest absolute Gasteiger partial charge is 0.151 e. The van der Waals surface area contributed by atoms with Crippen LogP contribution in [-0.2, 0) is 6.54 Å². The van der Waals surface area contributed by atoms with Gasteiger partial charge in [-0.3, -0.25) is 9.88 Å².